The van der Waals surface area contributed by atoms with Crippen LogP contribution in [0.5, 0.6) is 0 Å². The van der Waals surface area contributed by atoms with Crippen molar-refractivity contribution >= 4 is 0 Å². The molecular weight excluding hydrogens is 170 g/mol. The number of aliphatic hydroxyl groups excluding tert-OH is 1. The first-order valence-electron chi connectivity index (χ1n) is 4.28. The van der Waals surface area contributed by atoms with Gasteiger partial charge < -0.3 is 15.4 Å². The zero-order valence-electron chi connectivity index (χ0n) is 8.44. The second-order valence-electron chi connectivity index (χ2n) is 4.50. The highest BCUT2D eigenvalue weighted by molar-refractivity contribution is 5.30. The molecule has 13 heavy (non-hydrogen) atoms. The van der Waals surface area contributed by atoms with Gasteiger partial charge in [-0.15, -0.1) is 0 Å². The molecule has 0 spiro atoms. The number of aliphatic hydroxyl groups is 2. The summed E-state index contributed by atoms with van der Waals surface area (Å²) >= 11 is 0. The summed E-state index contributed by atoms with van der Waals surface area (Å²) in [6.07, 6.45) is 0.170. The maximum absolute atomic E-state index is 9.76. The molecule has 0 aliphatic carbocycles. The van der Waals surface area contributed by atoms with Gasteiger partial charge in [-0.2, -0.15) is 5.06 Å². The lowest BCUT2D eigenvalue weighted by Gasteiger charge is -2.36. The fraction of sp³-hybridized carbons (Fsp3) is 0.778. The molecule has 1 rings (SSSR count). The quantitative estimate of drug-likeness (QED) is 0.413. The summed E-state index contributed by atoms with van der Waals surface area (Å²) in [6.45, 7) is 7.11. The molecule has 0 saturated heterocycles. The summed E-state index contributed by atoms with van der Waals surface area (Å²) in [5.41, 5.74) is -0.847. The van der Waals surface area contributed by atoms with E-state index in [0.717, 1.165) is 5.06 Å². The van der Waals surface area contributed by atoms with Gasteiger partial charge in [-0.25, -0.2) is 0 Å². The molecule has 4 nitrogen and oxygen atoms in total. The van der Waals surface area contributed by atoms with Gasteiger partial charge >= 0.3 is 0 Å². The van der Waals surface area contributed by atoms with Crippen molar-refractivity contribution in [1.29, 1.82) is 0 Å². The summed E-state index contributed by atoms with van der Waals surface area (Å²) < 4.78 is 0. The van der Waals surface area contributed by atoms with Crippen molar-refractivity contribution in [3.8, 4) is 0 Å². The monoisotopic (exact) mass is 187 g/mol. The van der Waals surface area contributed by atoms with Crippen molar-refractivity contribution < 1.29 is 15.4 Å². The largest absolute Gasteiger partial charge is 0.365 e. The van der Waals surface area contributed by atoms with E-state index in [0.29, 0.717) is 5.57 Å². The Morgan fingerprint density at radius 3 is 1.85 bits per heavy atom. The third-order valence-electron chi connectivity index (χ3n) is 2.57. The number of hydrogen-bond acceptors (Lipinski definition) is 4. The van der Waals surface area contributed by atoms with E-state index in [1.54, 1.807) is 19.9 Å². The van der Waals surface area contributed by atoms with E-state index in [9.17, 15) is 5.21 Å². The maximum atomic E-state index is 9.76. The van der Waals surface area contributed by atoms with Crippen LogP contribution in [0, 0.1) is 0 Å². The van der Waals surface area contributed by atoms with Gasteiger partial charge in [0.25, 0.3) is 0 Å². The van der Waals surface area contributed by atoms with Crippen molar-refractivity contribution in [2.75, 3.05) is 0 Å². The van der Waals surface area contributed by atoms with E-state index >= 15 is 0 Å². The molecule has 3 N–H and O–H groups in total. The first kappa shape index (κ1) is 10.7. The second kappa shape index (κ2) is 2.78. The Morgan fingerprint density at radius 2 is 1.69 bits per heavy atom. The molecule has 1 heterocycles. The average molecular weight is 187 g/mol. The number of nitrogens with zero attached hydrogens (tertiary/aromatic N) is 1. The van der Waals surface area contributed by atoms with Crippen LogP contribution in [0.3, 0.4) is 0 Å². The Kier molecular flexibility index (Phi) is 2.28. The number of hydrogen-bond donors (Lipinski definition) is 3. The minimum Gasteiger partial charge on any atom is -0.365 e. The molecular formula is C9H17NO3. The van der Waals surface area contributed by atoms with Crippen LogP contribution in [0.1, 0.15) is 27.7 Å². The highest BCUT2D eigenvalue weighted by atomic mass is 16.5. The summed E-state index contributed by atoms with van der Waals surface area (Å²) in [4.78, 5) is 0. The highest BCUT2D eigenvalue weighted by Crippen LogP contribution is 2.39. The predicted octanol–water partition coefficient (Wildman–Crippen LogP) is 0.485. The lowest BCUT2D eigenvalue weighted by atomic mass is 9.96. The summed E-state index contributed by atoms with van der Waals surface area (Å²) in [5.74, 6) is 0. The zero-order chi connectivity index (χ0) is 10.4. The zero-order valence-corrected chi connectivity index (χ0v) is 8.44. The van der Waals surface area contributed by atoms with Gasteiger partial charge in [-0.05, 0) is 27.7 Å². The highest BCUT2D eigenvalue weighted by Gasteiger charge is 2.46. The van der Waals surface area contributed by atoms with E-state index in [2.05, 4.69) is 0 Å². The Morgan fingerprint density at radius 1 is 1.23 bits per heavy atom. The van der Waals surface area contributed by atoms with Gasteiger partial charge in [0, 0.05) is 5.57 Å². The third kappa shape index (κ3) is 1.50. The van der Waals surface area contributed by atoms with Crippen LogP contribution in [0.2, 0.25) is 0 Å². The minimum atomic E-state index is -1.51. The SMILES string of the molecule is CC1(C)C=C(C(O)O)C(C)(C)N1O. The van der Waals surface area contributed by atoms with E-state index in [-0.39, 0.29) is 0 Å². The molecule has 0 bridgehead atoms. The molecule has 1 aliphatic rings. The molecule has 0 aromatic heterocycles. The molecule has 1 aliphatic heterocycles. The Balaban J connectivity index is 3.10. The summed E-state index contributed by atoms with van der Waals surface area (Å²) in [6, 6.07) is 0. The Labute approximate surface area is 78.1 Å². The standard InChI is InChI=1S/C9H17NO3/c1-8(2)5-6(7(11)12)9(3,4)10(8)13/h5,7,11-13H,1-4H3. The van der Waals surface area contributed by atoms with Crippen molar-refractivity contribution in [3.63, 3.8) is 0 Å². The van der Waals surface area contributed by atoms with Gasteiger partial charge in [0.1, 0.15) is 0 Å². The fourth-order valence-electron chi connectivity index (χ4n) is 1.85. The molecule has 0 aromatic carbocycles. The topological polar surface area (TPSA) is 63.9 Å². The lowest BCUT2D eigenvalue weighted by molar-refractivity contribution is -0.190. The number of rotatable bonds is 1. The van der Waals surface area contributed by atoms with Gasteiger partial charge in [0.2, 0.25) is 0 Å². The average Bonchev–Trinajstić information content (AvgIpc) is 2.11. The van der Waals surface area contributed by atoms with Crippen molar-refractivity contribution in [3.05, 3.63) is 11.6 Å². The van der Waals surface area contributed by atoms with Crippen LogP contribution in [-0.2, 0) is 0 Å². The number of hydroxylamine groups is 2. The van der Waals surface area contributed by atoms with Gasteiger partial charge in [-0.3, -0.25) is 0 Å². The van der Waals surface area contributed by atoms with Crippen LogP contribution in [0.15, 0.2) is 11.6 Å². The second-order valence-corrected chi connectivity index (χ2v) is 4.50. The normalized spacial score (nSPS) is 26.6. The summed E-state index contributed by atoms with van der Waals surface area (Å²) in [7, 11) is 0. The van der Waals surface area contributed by atoms with Gasteiger partial charge in [0.05, 0.1) is 11.1 Å². The molecule has 0 radical (unpaired) electrons. The Bertz CT molecular complexity index is 243. The first-order chi connectivity index (χ1) is 5.69. The molecule has 0 saturated carbocycles. The first-order valence-corrected chi connectivity index (χ1v) is 4.28. The molecule has 0 aromatic rings. The van der Waals surface area contributed by atoms with Crippen LogP contribution in [0.4, 0.5) is 0 Å². The maximum Gasteiger partial charge on any atom is 0.176 e. The van der Waals surface area contributed by atoms with Crippen molar-refractivity contribution in [2.45, 2.75) is 45.1 Å². The van der Waals surface area contributed by atoms with Crippen LogP contribution < -0.4 is 0 Å². The minimum absolute atomic E-state index is 0.431. The fourth-order valence-corrected chi connectivity index (χ4v) is 1.85. The van der Waals surface area contributed by atoms with E-state index < -0.39 is 17.4 Å². The van der Waals surface area contributed by atoms with Crippen molar-refractivity contribution in [2.24, 2.45) is 0 Å². The predicted molar refractivity (Wildman–Crippen MR) is 48.1 cm³/mol. The van der Waals surface area contributed by atoms with Gasteiger partial charge in [-0.1, -0.05) is 6.08 Å². The van der Waals surface area contributed by atoms with E-state index in [1.165, 1.54) is 0 Å². The Hall–Kier alpha value is -0.420. The smallest absolute Gasteiger partial charge is 0.176 e. The molecule has 0 unspecified atom stereocenters. The molecule has 76 valence electrons. The molecule has 4 heteroatoms. The lowest BCUT2D eigenvalue weighted by Crippen LogP contribution is -2.48. The van der Waals surface area contributed by atoms with E-state index in [4.69, 9.17) is 10.2 Å². The van der Waals surface area contributed by atoms with E-state index in [1.807, 2.05) is 13.8 Å². The molecule has 0 atom stereocenters. The van der Waals surface area contributed by atoms with Crippen molar-refractivity contribution in [1.82, 2.24) is 5.06 Å². The van der Waals surface area contributed by atoms with Crippen LogP contribution in [-0.4, -0.2) is 37.9 Å². The molecule has 0 amide bonds. The van der Waals surface area contributed by atoms with Crippen LogP contribution in [0.25, 0.3) is 0 Å². The third-order valence-corrected chi connectivity index (χ3v) is 2.57. The summed E-state index contributed by atoms with van der Waals surface area (Å²) in [5, 5.41) is 29.1. The van der Waals surface area contributed by atoms with Crippen LogP contribution >= 0.6 is 0 Å². The molecule has 0 fully saturated rings. The van der Waals surface area contributed by atoms with Gasteiger partial charge in [0.15, 0.2) is 6.29 Å².